The molecule has 0 bridgehead atoms. The van der Waals surface area contributed by atoms with Gasteiger partial charge in [-0.25, -0.2) is 8.78 Å². The molecule has 1 saturated heterocycles. The summed E-state index contributed by atoms with van der Waals surface area (Å²) in [5.74, 6) is -1.08. The Kier molecular flexibility index (Phi) is 8.13. The van der Waals surface area contributed by atoms with Crippen LogP contribution in [0.4, 0.5) is 14.5 Å². The highest BCUT2D eigenvalue weighted by Gasteiger charge is 2.32. The maximum atomic E-state index is 13.5. The molecule has 1 aromatic rings. The Labute approximate surface area is 151 Å². The fourth-order valence-electron chi connectivity index (χ4n) is 2.48. The molecule has 5 nitrogen and oxygen atoms in total. The van der Waals surface area contributed by atoms with Gasteiger partial charge in [-0.15, -0.1) is 24.0 Å². The molecule has 1 aliphatic rings. The van der Waals surface area contributed by atoms with Gasteiger partial charge in [-0.3, -0.25) is 4.99 Å². The van der Waals surface area contributed by atoms with Gasteiger partial charge in [0.2, 0.25) is 0 Å². The molecule has 130 valence electrons. The molecule has 0 spiro atoms. The number of anilines is 1. The van der Waals surface area contributed by atoms with Crippen LogP contribution in [0.25, 0.3) is 0 Å². The second-order valence-corrected chi connectivity index (χ2v) is 5.50. The number of halogens is 3. The fraction of sp³-hybridized carbons (Fsp3) is 0.533. The Hall–Kier alpha value is -1.00. The van der Waals surface area contributed by atoms with Crippen molar-refractivity contribution in [2.45, 2.75) is 12.8 Å². The summed E-state index contributed by atoms with van der Waals surface area (Å²) in [5, 5.41) is 2.59. The van der Waals surface area contributed by atoms with E-state index in [1.165, 1.54) is 0 Å². The molecular weight excluding hydrogens is 419 g/mol. The summed E-state index contributed by atoms with van der Waals surface area (Å²) in [6.45, 7) is 2.32. The normalized spacial score (nSPS) is 17.4. The van der Waals surface area contributed by atoms with Gasteiger partial charge in [-0.05, 0) is 25.0 Å². The van der Waals surface area contributed by atoms with E-state index in [-0.39, 0.29) is 41.0 Å². The number of nitrogens with zero attached hydrogens (tertiary/aromatic N) is 1. The third kappa shape index (κ3) is 5.85. The van der Waals surface area contributed by atoms with Crippen molar-refractivity contribution in [3.05, 3.63) is 29.8 Å². The summed E-state index contributed by atoms with van der Waals surface area (Å²) in [6, 6.07) is 3.12. The fourth-order valence-corrected chi connectivity index (χ4v) is 2.48. The average molecular weight is 441 g/mol. The van der Waals surface area contributed by atoms with Crippen LogP contribution in [0.1, 0.15) is 12.8 Å². The van der Waals surface area contributed by atoms with Gasteiger partial charge in [0.1, 0.15) is 11.6 Å². The zero-order valence-electron chi connectivity index (χ0n) is 13.0. The first kappa shape index (κ1) is 20.0. The lowest BCUT2D eigenvalue weighted by Crippen LogP contribution is -2.37. The molecule has 0 aromatic heterocycles. The number of methoxy groups -OCH3 is 1. The summed E-state index contributed by atoms with van der Waals surface area (Å²) < 4.78 is 37.3. The van der Waals surface area contributed by atoms with Crippen molar-refractivity contribution in [1.82, 2.24) is 0 Å². The highest BCUT2D eigenvalue weighted by Crippen LogP contribution is 2.31. The number of nitrogens with two attached hydrogens (primary N) is 1. The summed E-state index contributed by atoms with van der Waals surface area (Å²) in [7, 11) is 1.64. The highest BCUT2D eigenvalue weighted by molar-refractivity contribution is 14.0. The van der Waals surface area contributed by atoms with Crippen LogP contribution < -0.4 is 11.1 Å². The van der Waals surface area contributed by atoms with E-state index in [0.717, 1.165) is 31.0 Å². The van der Waals surface area contributed by atoms with Crippen LogP contribution >= 0.6 is 24.0 Å². The van der Waals surface area contributed by atoms with Crippen LogP contribution in [0.2, 0.25) is 0 Å². The topological polar surface area (TPSA) is 68.9 Å². The molecule has 0 aliphatic carbocycles. The maximum Gasteiger partial charge on any atom is 0.193 e. The molecule has 0 radical (unpaired) electrons. The second-order valence-electron chi connectivity index (χ2n) is 5.50. The van der Waals surface area contributed by atoms with Crippen molar-refractivity contribution in [3.8, 4) is 0 Å². The van der Waals surface area contributed by atoms with Crippen molar-refractivity contribution in [2.24, 2.45) is 16.1 Å². The lowest BCUT2D eigenvalue weighted by Gasteiger charge is -2.35. The Morgan fingerprint density at radius 2 is 2.09 bits per heavy atom. The third-order valence-electron chi connectivity index (χ3n) is 3.78. The minimum Gasteiger partial charge on any atom is -0.384 e. The first-order chi connectivity index (χ1) is 10.5. The van der Waals surface area contributed by atoms with Gasteiger partial charge in [-0.2, -0.15) is 0 Å². The first-order valence-corrected chi connectivity index (χ1v) is 7.13. The molecule has 1 fully saturated rings. The summed E-state index contributed by atoms with van der Waals surface area (Å²) in [5.41, 5.74) is 5.62. The van der Waals surface area contributed by atoms with E-state index < -0.39 is 11.6 Å². The predicted molar refractivity (Wildman–Crippen MR) is 96.2 cm³/mol. The summed E-state index contributed by atoms with van der Waals surface area (Å²) >= 11 is 0. The van der Waals surface area contributed by atoms with E-state index in [0.29, 0.717) is 26.4 Å². The number of aliphatic imine (C=N–C) groups is 1. The van der Waals surface area contributed by atoms with E-state index >= 15 is 0 Å². The molecule has 8 heteroatoms. The first-order valence-electron chi connectivity index (χ1n) is 7.13. The number of ether oxygens (including phenoxy) is 2. The minimum atomic E-state index is -0.586. The van der Waals surface area contributed by atoms with Crippen molar-refractivity contribution in [2.75, 3.05) is 38.8 Å². The zero-order chi connectivity index (χ0) is 16.0. The van der Waals surface area contributed by atoms with Crippen LogP contribution in [-0.2, 0) is 9.47 Å². The molecule has 0 saturated carbocycles. The smallest absolute Gasteiger partial charge is 0.193 e. The van der Waals surface area contributed by atoms with Gasteiger partial charge in [0.25, 0.3) is 0 Å². The Morgan fingerprint density at radius 3 is 2.74 bits per heavy atom. The van der Waals surface area contributed by atoms with Gasteiger partial charge < -0.3 is 20.5 Å². The Bertz CT molecular complexity index is 532. The monoisotopic (exact) mass is 441 g/mol. The maximum absolute atomic E-state index is 13.5. The summed E-state index contributed by atoms with van der Waals surface area (Å²) in [6.07, 6.45) is 1.65. The molecule has 23 heavy (non-hydrogen) atoms. The minimum absolute atomic E-state index is 0. The van der Waals surface area contributed by atoms with Gasteiger partial charge in [0, 0.05) is 31.8 Å². The molecular formula is C15H22F2IN3O2. The molecule has 1 aliphatic heterocycles. The number of benzene rings is 1. The van der Waals surface area contributed by atoms with Crippen LogP contribution in [0.3, 0.4) is 0 Å². The quantitative estimate of drug-likeness (QED) is 0.419. The number of rotatable bonds is 5. The lowest BCUT2D eigenvalue weighted by atomic mass is 9.81. The molecule has 0 unspecified atom stereocenters. The van der Waals surface area contributed by atoms with Gasteiger partial charge in [0.05, 0.1) is 18.8 Å². The van der Waals surface area contributed by atoms with E-state index in [9.17, 15) is 8.78 Å². The Balaban J connectivity index is 0.00000264. The number of hydrogen-bond acceptors (Lipinski definition) is 3. The van der Waals surface area contributed by atoms with Crippen molar-refractivity contribution in [1.29, 1.82) is 0 Å². The largest absolute Gasteiger partial charge is 0.384 e. The zero-order valence-corrected chi connectivity index (χ0v) is 15.3. The SMILES string of the molecule is COCC1(CN=C(N)Nc2cc(F)ccc2F)CCOCC1.I. The van der Waals surface area contributed by atoms with E-state index in [4.69, 9.17) is 15.2 Å². The number of guanidine groups is 1. The standard InChI is InChI=1S/C15H21F2N3O2.HI/c1-21-10-15(4-6-22-7-5-15)9-19-14(18)20-13-8-11(16)2-3-12(13)17;/h2-3,8H,4-7,9-10H2,1H3,(H3,18,19,20);1H. The van der Waals surface area contributed by atoms with Gasteiger partial charge in [0.15, 0.2) is 5.96 Å². The van der Waals surface area contributed by atoms with E-state index in [1.54, 1.807) is 7.11 Å². The molecule has 3 N–H and O–H groups in total. The Morgan fingerprint density at radius 1 is 1.39 bits per heavy atom. The summed E-state index contributed by atoms with van der Waals surface area (Å²) in [4.78, 5) is 4.26. The molecule has 1 heterocycles. The van der Waals surface area contributed by atoms with Crippen molar-refractivity contribution in [3.63, 3.8) is 0 Å². The van der Waals surface area contributed by atoms with Gasteiger partial charge >= 0.3 is 0 Å². The average Bonchev–Trinajstić information content (AvgIpc) is 2.50. The van der Waals surface area contributed by atoms with Crippen molar-refractivity contribution < 1.29 is 18.3 Å². The molecule has 2 rings (SSSR count). The third-order valence-corrected chi connectivity index (χ3v) is 3.78. The molecule has 0 atom stereocenters. The van der Waals surface area contributed by atoms with Crippen LogP contribution in [0.15, 0.2) is 23.2 Å². The molecule has 0 amide bonds. The molecule has 1 aromatic carbocycles. The van der Waals surface area contributed by atoms with Gasteiger partial charge in [-0.1, -0.05) is 0 Å². The number of hydrogen-bond donors (Lipinski definition) is 2. The van der Waals surface area contributed by atoms with E-state index in [2.05, 4.69) is 10.3 Å². The second kappa shape index (κ2) is 9.33. The number of nitrogens with one attached hydrogen (secondary N) is 1. The highest BCUT2D eigenvalue weighted by atomic mass is 127. The van der Waals surface area contributed by atoms with Crippen LogP contribution in [0.5, 0.6) is 0 Å². The van der Waals surface area contributed by atoms with Crippen LogP contribution in [0, 0.1) is 17.0 Å². The predicted octanol–water partition coefficient (Wildman–Crippen LogP) is 2.75. The van der Waals surface area contributed by atoms with Crippen LogP contribution in [-0.4, -0.2) is 39.4 Å². The van der Waals surface area contributed by atoms with Crippen molar-refractivity contribution >= 4 is 35.6 Å². The lowest BCUT2D eigenvalue weighted by molar-refractivity contribution is -0.0222. The van der Waals surface area contributed by atoms with E-state index in [1.807, 2.05) is 0 Å².